The van der Waals surface area contributed by atoms with Crippen molar-refractivity contribution in [3.05, 3.63) is 18.0 Å². The minimum absolute atomic E-state index is 0.340. The predicted molar refractivity (Wildman–Crippen MR) is 72.3 cm³/mol. The molecule has 0 amide bonds. The summed E-state index contributed by atoms with van der Waals surface area (Å²) in [7, 11) is 1.99. The molecule has 0 spiro atoms. The molecular formula is C14H24N4. The molecule has 0 unspecified atom stereocenters. The summed E-state index contributed by atoms with van der Waals surface area (Å²) in [6, 6.07) is 0.677. The number of rotatable bonds is 2. The molecule has 1 N–H and O–H groups in total. The van der Waals surface area contributed by atoms with Gasteiger partial charge in [-0.15, -0.1) is 0 Å². The van der Waals surface area contributed by atoms with Crippen LogP contribution in [0.1, 0.15) is 38.2 Å². The van der Waals surface area contributed by atoms with Crippen molar-refractivity contribution in [3.63, 3.8) is 0 Å². The van der Waals surface area contributed by atoms with Gasteiger partial charge < -0.3 is 5.32 Å². The second kappa shape index (κ2) is 4.67. The van der Waals surface area contributed by atoms with E-state index >= 15 is 0 Å². The van der Waals surface area contributed by atoms with Gasteiger partial charge in [-0.05, 0) is 45.7 Å². The van der Waals surface area contributed by atoms with E-state index in [0.29, 0.717) is 11.6 Å². The first-order chi connectivity index (χ1) is 8.68. The molecular weight excluding hydrogens is 224 g/mol. The van der Waals surface area contributed by atoms with E-state index in [1.165, 1.54) is 44.3 Å². The lowest BCUT2D eigenvalue weighted by atomic mass is 9.77. The summed E-state index contributed by atoms with van der Waals surface area (Å²) in [5.74, 6) is 0. The fourth-order valence-corrected chi connectivity index (χ4v) is 3.68. The zero-order valence-electron chi connectivity index (χ0n) is 11.5. The van der Waals surface area contributed by atoms with Gasteiger partial charge in [0.05, 0.1) is 6.20 Å². The number of fused-ring (bicyclic) bond motifs is 1. The van der Waals surface area contributed by atoms with E-state index in [4.69, 9.17) is 0 Å². The Balaban J connectivity index is 1.77. The second-order valence-corrected chi connectivity index (χ2v) is 6.05. The lowest BCUT2D eigenvalue weighted by Gasteiger charge is -2.53. The molecule has 2 atom stereocenters. The van der Waals surface area contributed by atoms with Gasteiger partial charge in [0.25, 0.3) is 0 Å². The van der Waals surface area contributed by atoms with E-state index in [1.54, 1.807) is 0 Å². The number of piperidine rings is 2. The summed E-state index contributed by atoms with van der Waals surface area (Å²) in [5.41, 5.74) is 1.68. The van der Waals surface area contributed by atoms with Gasteiger partial charge in [-0.2, -0.15) is 5.10 Å². The minimum Gasteiger partial charge on any atom is -0.312 e. The van der Waals surface area contributed by atoms with E-state index in [9.17, 15) is 0 Å². The number of nitrogens with zero attached hydrogens (tertiary/aromatic N) is 3. The standard InChI is InChI=1S/C14H24N4/c1-14-6-4-7-15-13(14)5-3-8-18(14)11-12-9-16-17(2)10-12/h9-10,13,15H,3-8,11H2,1-2H3/t13-,14+/m1/s1. The van der Waals surface area contributed by atoms with Crippen molar-refractivity contribution in [1.82, 2.24) is 20.0 Å². The molecule has 0 radical (unpaired) electrons. The van der Waals surface area contributed by atoms with Crippen LogP contribution in [-0.2, 0) is 13.6 Å². The molecule has 2 saturated heterocycles. The van der Waals surface area contributed by atoms with Crippen LogP contribution in [0.5, 0.6) is 0 Å². The molecule has 0 aliphatic carbocycles. The van der Waals surface area contributed by atoms with Crippen molar-refractivity contribution in [3.8, 4) is 0 Å². The second-order valence-electron chi connectivity index (χ2n) is 6.05. The summed E-state index contributed by atoms with van der Waals surface area (Å²) >= 11 is 0. The first-order valence-corrected chi connectivity index (χ1v) is 7.14. The third-order valence-electron chi connectivity index (χ3n) is 4.78. The zero-order valence-corrected chi connectivity index (χ0v) is 11.5. The molecule has 2 fully saturated rings. The van der Waals surface area contributed by atoms with E-state index < -0.39 is 0 Å². The van der Waals surface area contributed by atoms with Gasteiger partial charge in [-0.1, -0.05) is 0 Å². The lowest BCUT2D eigenvalue weighted by Crippen LogP contribution is -2.64. The van der Waals surface area contributed by atoms with Gasteiger partial charge in [-0.25, -0.2) is 0 Å². The van der Waals surface area contributed by atoms with Crippen LogP contribution < -0.4 is 5.32 Å². The number of hydrogen-bond acceptors (Lipinski definition) is 3. The quantitative estimate of drug-likeness (QED) is 0.861. The van der Waals surface area contributed by atoms with Crippen molar-refractivity contribution in [2.24, 2.45) is 7.05 Å². The molecule has 18 heavy (non-hydrogen) atoms. The Hall–Kier alpha value is -0.870. The SMILES string of the molecule is Cn1cc(CN2CCC[C@H]3NCCC[C@@]32C)cn1. The van der Waals surface area contributed by atoms with Crippen molar-refractivity contribution in [2.75, 3.05) is 13.1 Å². The number of aryl methyl sites for hydroxylation is 1. The van der Waals surface area contributed by atoms with Gasteiger partial charge in [0.15, 0.2) is 0 Å². The zero-order chi connectivity index (χ0) is 12.6. The molecule has 0 saturated carbocycles. The summed E-state index contributed by atoms with van der Waals surface area (Å²) in [6.45, 7) is 5.91. The predicted octanol–water partition coefficient (Wildman–Crippen LogP) is 1.53. The first kappa shape index (κ1) is 12.2. The summed E-state index contributed by atoms with van der Waals surface area (Å²) in [4.78, 5) is 2.67. The molecule has 4 nitrogen and oxygen atoms in total. The molecule has 1 aromatic heterocycles. The maximum atomic E-state index is 4.28. The minimum atomic E-state index is 0.340. The van der Waals surface area contributed by atoms with E-state index in [1.807, 2.05) is 17.9 Å². The molecule has 2 aliphatic heterocycles. The highest BCUT2D eigenvalue weighted by atomic mass is 15.3. The molecule has 0 bridgehead atoms. The third-order valence-corrected chi connectivity index (χ3v) is 4.78. The molecule has 2 aliphatic rings. The summed E-state index contributed by atoms with van der Waals surface area (Å²) < 4.78 is 1.90. The lowest BCUT2D eigenvalue weighted by molar-refractivity contribution is -0.00105. The van der Waals surface area contributed by atoms with Gasteiger partial charge >= 0.3 is 0 Å². The van der Waals surface area contributed by atoms with Crippen molar-refractivity contribution in [1.29, 1.82) is 0 Å². The number of hydrogen-bond donors (Lipinski definition) is 1. The average molecular weight is 248 g/mol. The molecule has 4 heteroatoms. The van der Waals surface area contributed by atoms with E-state index in [-0.39, 0.29) is 0 Å². The Morgan fingerprint density at radius 3 is 3.17 bits per heavy atom. The largest absolute Gasteiger partial charge is 0.312 e. The van der Waals surface area contributed by atoms with E-state index in [0.717, 1.165) is 6.54 Å². The van der Waals surface area contributed by atoms with Gasteiger partial charge in [0.1, 0.15) is 0 Å². The van der Waals surface area contributed by atoms with Gasteiger partial charge in [0.2, 0.25) is 0 Å². The third kappa shape index (κ3) is 2.08. The van der Waals surface area contributed by atoms with Crippen LogP contribution in [0.2, 0.25) is 0 Å². The van der Waals surface area contributed by atoms with Gasteiger partial charge in [0, 0.05) is 36.9 Å². The highest BCUT2D eigenvalue weighted by molar-refractivity contribution is 5.09. The maximum absolute atomic E-state index is 4.28. The smallest absolute Gasteiger partial charge is 0.0534 e. The highest BCUT2D eigenvalue weighted by Gasteiger charge is 2.43. The van der Waals surface area contributed by atoms with Crippen LogP contribution in [0.15, 0.2) is 12.4 Å². The van der Waals surface area contributed by atoms with Gasteiger partial charge in [-0.3, -0.25) is 9.58 Å². The maximum Gasteiger partial charge on any atom is 0.0534 e. The van der Waals surface area contributed by atoms with Crippen LogP contribution in [0, 0.1) is 0 Å². The topological polar surface area (TPSA) is 33.1 Å². The van der Waals surface area contributed by atoms with Crippen molar-refractivity contribution < 1.29 is 0 Å². The highest BCUT2D eigenvalue weighted by Crippen LogP contribution is 2.35. The fraction of sp³-hybridized carbons (Fsp3) is 0.786. The molecule has 1 aromatic rings. The monoisotopic (exact) mass is 248 g/mol. The van der Waals surface area contributed by atoms with Crippen LogP contribution in [-0.4, -0.2) is 39.4 Å². The Labute approximate surface area is 109 Å². The van der Waals surface area contributed by atoms with E-state index in [2.05, 4.69) is 28.4 Å². The van der Waals surface area contributed by atoms with Crippen molar-refractivity contribution in [2.45, 2.75) is 50.7 Å². The summed E-state index contributed by atoms with van der Waals surface area (Å²) in [5, 5.41) is 8.00. The Bertz CT molecular complexity index is 412. The normalized spacial score (nSPS) is 33.3. The Morgan fingerprint density at radius 2 is 2.39 bits per heavy atom. The van der Waals surface area contributed by atoms with Crippen LogP contribution in [0.25, 0.3) is 0 Å². The van der Waals surface area contributed by atoms with Crippen molar-refractivity contribution >= 4 is 0 Å². The Kier molecular flexibility index (Phi) is 3.16. The van der Waals surface area contributed by atoms with Crippen LogP contribution in [0.3, 0.4) is 0 Å². The fourth-order valence-electron chi connectivity index (χ4n) is 3.68. The average Bonchev–Trinajstić information content (AvgIpc) is 2.76. The number of aromatic nitrogens is 2. The van der Waals surface area contributed by atoms with Crippen LogP contribution in [0.4, 0.5) is 0 Å². The summed E-state index contributed by atoms with van der Waals surface area (Å²) in [6.07, 6.45) is 9.42. The first-order valence-electron chi connectivity index (χ1n) is 7.14. The Morgan fingerprint density at radius 1 is 1.50 bits per heavy atom. The number of likely N-dealkylation sites (tertiary alicyclic amines) is 1. The molecule has 3 rings (SSSR count). The van der Waals surface area contributed by atoms with Crippen LogP contribution >= 0.6 is 0 Å². The molecule has 100 valence electrons. The molecule has 3 heterocycles. The molecule has 0 aromatic carbocycles. The number of nitrogens with one attached hydrogen (secondary N) is 1.